The molecule has 0 aliphatic carbocycles. The number of aliphatic hydroxyl groups is 4. The van der Waals surface area contributed by atoms with Gasteiger partial charge in [-0.05, 0) is 27.7 Å². The molecule has 0 aliphatic rings. The number of aliphatic hydroxyl groups excluding tert-OH is 4. The van der Waals surface area contributed by atoms with Gasteiger partial charge in [0.1, 0.15) is 24.9 Å². The number of carbonyl (C=O) groups is 3. The molecular weight excluding hydrogens is 494 g/mol. The van der Waals surface area contributed by atoms with Gasteiger partial charge < -0.3 is 35.7 Å². The molecule has 37 heavy (non-hydrogen) atoms. The molecular formula is C22H45N5O10. The highest BCUT2D eigenvalue weighted by Crippen LogP contribution is 2.04. The third kappa shape index (κ3) is 16.5. The Morgan fingerprint density at radius 3 is 0.811 bits per heavy atom. The van der Waals surface area contributed by atoms with Gasteiger partial charge in [0, 0.05) is 52.4 Å². The fourth-order valence-corrected chi connectivity index (χ4v) is 3.83. The van der Waals surface area contributed by atoms with E-state index in [1.807, 2.05) is 0 Å². The van der Waals surface area contributed by atoms with Crippen molar-refractivity contribution in [2.24, 2.45) is 0 Å². The summed E-state index contributed by atoms with van der Waals surface area (Å²) in [5.74, 6) is -3.27. The Kier molecular flexibility index (Phi) is 17.4. The summed E-state index contributed by atoms with van der Waals surface area (Å²) in [7, 11) is 0. The van der Waals surface area contributed by atoms with Crippen LogP contribution in [0.5, 0.6) is 0 Å². The maximum Gasteiger partial charge on any atom is 0.317 e. The standard InChI is InChI=1S/C22H45N5O10/c1-16(28)26(17(2)29)11-9-24(14-21(34)35)7-5-23(13-20(32)33)6-8-25(15-22(36)37)10-12-27(18(3)30)19(4)31/h16-19,28-31H,5-15H2,1-4H3,(H,32,33)(H,34,35)(H,36,37). The summed E-state index contributed by atoms with van der Waals surface area (Å²) < 4.78 is 0. The van der Waals surface area contributed by atoms with E-state index in [0.29, 0.717) is 0 Å². The molecule has 0 aromatic heterocycles. The quantitative estimate of drug-likeness (QED) is 0.0688. The van der Waals surface area contributed by atoms with Crippen LogP contribution in [0.15, 0.2) is 0 Å². The molecule has 15 nitrogen and oxygen atoms in total. The lowest BCUT2D eigenvalue weighted by Crippen LogP contribution is -2.49. The molecule has 0 amide bonds. The Labute approximate surface area is 217 Å². The smallest absolute Gasteiger partial charge is 0.317 e. The number of carboxylic acid groups (broad SMARTS) is 3. The van der Waals surface area contributed by atoms with Crippen molar-refractivity contribution in [3.63, 3.8) is 0 Å². The monoisotopic (exact) mass is 539 g/mol. The van der Waals surface area contributed by atoms with Crippen LogP contribution in [-0.2, 0) is 14.4 Å². The normalized spacial score (nSPS) is 15.5. The molecule has 4 unspecified atom stereocenters. The second-order valence-electron chi connectivity index (χ2n) is 9.01. The molecule has 0 rings (SSSR count). The van der Waals surface area contributed by atoms with Gasteiger partial charge in [-0.25, -0.2) is 0 Å². The Hall–Kier alpha value is -1.95. The van der Waals surface area contributed by atoms with Crippen molar-refractivity contribution in [1.29, 1.82) is 0 Å². The minimum absolute atomic E-state index is 0.178. The van der Waals surface area contributed by atoms with Gasteiger partial charge in [-0.1, -0.05) is 0 Å². The SMILES string of the molecule is CC(O)N(CCN(CCN(CCN(CCN(C(C)O)C(C)O)CC(=O)O)CC(=O)O)CC(=O)O)C(C)O. The Bertz CT molecular complexity index is 616. The molecule has 15 heteroatoms. The molecule has 0 fully saturated rings. The summed E-state index contributed by atoms with van der Waals surface area (Å²) in [4.78, 5) is 41.5. The second kappa shape index (κ2) is 18.3. The van der Waals surface area contributed by atoms with Crippen LogP contribution in [0.3, 0.4) is 0 Å². The van der Waals surface area contributed by atoms with E-state index in [1.54, 1.807) is 14.7 Å². The molecule has 0 radical (unpaired) electrons. The molecule has 0 spiro atoms. The zero-order chi connectivity index (χ0) is 28.7. The van der Waals surface area contributed by atoms with Gasteiger partial charge in [0.25, 0.3) is 0 Å². The van der Waals surface area contributed by atoms with E-state index >= 15 is 0 Å². The molecule has 0 saturated carbocycles. The van der Waals surface area contributed by atoms with Gasteiger partial charge in [-0.2, -0.15) is 0 Å². The van der Waals surface area contributed by atoms with E-state index < -0.39 is 42.8 Å². The van der Waals surface area contributed by atoms with Crippen LogP contribution in [0.2, 0.25) is 0 Å². The topological polar surface area (TPSA) is 209 Å². The molecule has 7 N–H and O–H groups in total. The van der Waals surface area contributed by atoms with Crippen molar-refractivity contribution in [3.05, 3.63) is 0 Å². The molecule has 0 aromatic carbocycles. The largest absolute Gasteiger partial charge is 0.480 e. The second-order valence-corrected chi connectivity index (χ2v) is 9.01. The predicted octanol–water partition coefficient (Wildman–Crippen LogP) is -2.90. The van der Waals surface area contributed by atoms with Crippen molar-refractivity contribution in [3.8, 4) is 0 Å². The zero-order valence-corrected chi connectivity index (χ0v) is 22.2. The zero-order valence-electron chi connectivity index (χ0n) is 22.2. The highest BCUT2D eigenvalue weighted by molar-refractivity contribution is 5.69. The lowest BCUT2D eigenvalue weighted by Gasteiger charge is -2.33. The van der Waals surface area contributed by atoms with Crippen LogP contribution in [0.4, 0.5) is 0 Å². The minimum atomic E-state index is -1.10. The van der Waals surface area contributed by atoms with Crippen LogP contribution in [-0.4, -0.2) is 175 Å². The summed E-state index contributed by atoms with van der Waals surface area (Å²) in [6.07, 6.45) is -3.80. The maximum absolute atomic E-state index is 11.4. The Morgan fingerprint density at radius 1 is 0.459 bits per heavy atom. The summed E-state index contributed by atoms with van der Waals surface area (Å²) in [5.41, 5.74) is 0. The Balaban J connectivity index is 5.23. The highest BCUT2D eigenvalue weighted by Gasteiger charge is 2.22. The molecule has 4 atom stereocenters. The van der Waals surface area contributed by atoms with Crippen molar-refractivity contribution in [1.82, 2.24) is 24.5 Å². The van der Waals surface area contributed by atoms with E-state index in [0.717, 1.165) is 0 Å². The van der Waals surface area contributed by atoms with Crippen molar-refractivity contribution in [2.45, 2.75) is 52.6 Å². The molecule has 0 aliphatic heterocycles. The van der Waals surface area contributed by atoms with E-state index in [2.05, 4.69) is 0 Å². The van der Waals surface area contributed by atoms with Crippen LogP contribution in [0.25, 0.3) is 0 Å². The van der Waals surface area contributed by atoms with Gasteiger partial charge in [0.05, 0.1) is 19.6 Å². The van der Waals surface area contributed by atoms with Gasteiger partial charge in [-0.3, -0.25) is 38.9 Å². The molecule has 0 aromatic rings. The maximum atomic E-state index is 11.4. The summed E-state index contributed by atoms with van der Waals surface area (Å²) in [5, 5.41) is 67.0. The fraction of sp³-hybridized carbons (Fsp3) is 0.864. The average Bonchev–Trinajstić information content (AvgIpc) is 2.72. The van der Waals surface area contributed by atoms with E-state index in [1.165, 1.54) is 37.5 Å². The number of rotatable bonds is 22. The third-order valence-electron chi connectivity index (χ3n) is 5.81. The number of carboxylic acids is 3. The molecule has 0 saturated heterocycles. The van der Waals surface area contributed by atoms with Crippen LogP contribution in [0.1, 0.15) is 27.7 Å². The van der Waals surface area contributed by atoms with E-state index in [4.69, 9.17) is 0 Å². The van der Waals surface area contributed by atoms with E-state index in [-0.39, 0.29) is 72.0 Å². The minimum Gasteiger partial charge on any atom is -0.480 e. The van der Waals surface area contributed by atoms with Crippen LogP contribution in [0, 0.1) is 0 Å². The summed E-state index contributed by atoms with van der Waals surface area (Å²) in [6, 6.07) is 0. The van der Waals surface area contributed by atoms with Crippen LogP contribution >= 0.6 is 0 Å². The van der Waals surface area contributed by atoms with Gasteiger partial charge in [0.2, 0.25) is 0 Å². The van der Waals surface area contributed by atoms with Crippen LogP contribution < -0.4 is 0 Å². The lowest BCUT2D eigenvalue weighted by atomic mass is 10.3. The number of hydrogen-bond donors (Lipinski definition) is 7. The first-order valence-electron chi connectivity index (χ1n) is 12.2. The lowest BCUT2D eigenvalue weighted by molar-refractivity contribution is -0.140. The molecule has 218 valence electrons. The van der Waals surface area contributed by atoms with Crippen molar-refractivity contribution >= 4 is 17.9 Å². The first kappa shape index (κ1) is 35.0. The first-order chi connectivity index (χ1) is 17.1. The van der Waals surface area contributed by atoms with Crippen molar-refractivity contribution in [2.75, 3.05) is 72.0 Å². The van der Waals surface area contributed by atoms with Crippen molar-refractivity contribution < 1.29 is 50.1 Å². The van der Waals surface area contributed by atoms with Gasteiger partial charge >= 0.3 is 17.9 Å². The molecule has 0 bridgehead atoms. The summed E-state index contributed by atoms with van der Waals surface area (Å²) >= 11 is 0. The predicted molar refractivity (Wildman–Crippen MR) is 132 cm³/mol. The first-order valence-corrected chi connectivity index (χ1v) is 12.2. The number of nitrogens with zero attached hydrogens (tertiary/aromatic N) is 5. The molecule has 0 heterocycles. The Morgan fingerprint density at radius 2 is 0.649 bits per heavy atom. The van der Waals surface area contributed by atoms with E-state index in [9.17, 15) is 50.1 Å². The van der Waals surface area contributed by atoms with Gasteiger partial charge in [-0.15, -0.1) is 0 Å². The number of hydrogen-bond acceptors (Lipinski definition) is 12. The average molecular weight is 540 g/mol. The summed E-state index contributed by atoms with van der Waals surface area (Å²) in [6.45, 7) is 6.40. The van der Waals surface area contributed by atoms with Gasteiger partial charge in [0.15, 0.2) is 0 Å². The number of aliphatic carboxylic acids is 3. The third-order valence-corrected chi connectivity index (χ3v) is 5.81. The fourth-order valence-electron chi connectivity index (χ4n) is 3.83. The highest BCUT2D eigenvalue weighted by atomic mass is 16.4.